The van der Waals surface area contributed by atoms with Crippen molar-refractivity contribution in [3.8, 4) is 0 Å². The van der Waals surface area contributed by atoms with Gasteiger partial charge in [0.2, 0.25) is 5.91 Å². The number of pyridine rings is 1. The van der Waals surface area contributed by atoms with E-state index in [2.05, 4.69) is 10.3 Å². The first-order chi connectivity index (χ1) is 11.1. The van der Waals surface area contributed by atoms with E-state index < -0.39 is 17.2 Å². The second kappa shape index (κ2) is 5.88. The normalized spacial score (nSPS) is 10.7. The molecule has 3 aromatic rings. The summed E-state index contributed by atoms with van der Waals surface area (Å²) < 4.78 is 2.27. The summed E-state index contributed by atoms with van der Waals surface area (Å²) in [6.07, 6.45) is 1.54. The van der Waals surface area contributed by atoms with E-state index in [1.807, 2.05) is 0 Å². The summed E-state index contributed by atoms with van der Waals surface area (Å²) in [5.41, 5.74) is -0.492. The van der Waals surface area contributed by atoms with E-state index >= 15 is 0 Å². The lowest BCUT2D eigenvalue weighted by atomic mass is 10.2. The van der Waals surface area contributed by atoms with Crippen LogP contribution in [0.25, 0.3) is 10.9 Å². The second-order valence-electron chi connectivity index (χ2n) is 5.01. The lowest BCUT2D eigenvalue weighted by Gasteiger charge is -2.10. The molecule has 2 heterocycles. The Morgan fingerprint density at radius 2 is 1.87 bits per heavy atom. The zero-order valence-corrected chi connectivity index (χ0v) is 12.4. The first-order valence-corrected chi connectivity index (χ1v) is 6.97. The van der Waals surface area contributed by atoms with Crippen LogP contribution in [-0.2, 0) is 18.4 Å². The van der Waals surface area contributed by atoms with Gasteiger partial charge in [-0.3, -0.25) is 18.7 Å². The highest BCUT2D eigenvalue weighted by molar-refractivity contribution is 5.89. The number of fused-ring (bicyclic) bond motifs is 1. The van der Waals surface area contributed by atoms with Gasteiger partial charge in [-0.2, -0.15) is 0 Å². The molecular formula is C16H14N4O3. The molecule has 0 aliphatic rings. The maximum atomic E-state index is 12.4. The Morgan fingerprint density at radius 3 is 2.61 bits per heavy atom. The van der Waals surface area contributed by atoms with Gasteiger partial charge in [0.15, 0.2) is 0 Å². The number of carbonyl (C=O) groups is 1. The number of aryl methyl sites for hydroxylation is 1. The average molecular weight is 310 g/mol. The summed E-state index contributed by atoms with van der Waals surface area (Å²) >= 11 is 0. The molecule has 0 aliphatic carbocycles. The quantitative estimate of drug-likeness (QED) is 0.773. The predicted octanol–water partition coefficient (Wildman–Crippen LogP) is 0.734. The minimum atomic E-state index is -0.537. The molecular weight excluding hydrogens is 296 g/mol. The molecule has 0 fully saturated rings. The Bertz CT molecular complexity index is 990. The summed E-state index contributed by atoms with van der Waals surface area (Å²) in [6, 6.07) is 11.9. The molecule has 0 bridgehead atoms. The standard InChI is InChI=1S/C16H14N4O3/c1-19-12-7-3-2-6-11(12)15(22)20(16(19)23)10-14(21)18-13-8-4-5-9-17-13/h2-9H,10H2,1H3,(H,17,18,21). The van der Waals surface area contributed by atoms with E-state index in [0.29, 0.717) is 16.7 Å². The largest absolute Gasteiger partial charge is 0.331 e. The van der Waals surface area contributed by atoms with Crippen molar-refractivity contribution in [2.75, 3.05) is 5.32 Å². The van der Waals surface area contributed by atoms with Gasteiger partial charge < -0.3 is 5.32 Å². The zero-order chi connectivity index (χ0) is 16.4. The molecule has 3 rings (SSSR count). The van der Waals surface area contributed by atoms with Gasteiger partial charge in [-0.1, -0.05) is 18.2 Å². The molecule has 2 aromatic heterocycles. The van der Waals surface area contributed by atoms with Crippen molar-refractivity contribution in [3.05, 3.63) is 69.5 Å². The first-order valence-electron chi connectivity index (χ1n) is 6.97. The fourth-order valence-electron chi connectivity index (χ4n) is 2.37. The SMILES string of the molecule is Cn1c(=O)n(CC(=O)Nc2ccccn2)c(=O)c2ccccc21. The zero-order valence-electron chi connectivity index (χ0n) is 12.4. The molecule has 0 saturated carbocycles. The number of hydrogen-bond donors (Lipinski definition) is 1. The second-order valence-corrected chi connectivity index (χ2v) is 5.01. The Hall–Kier alpha value is -3.22. The fourth-order valence-corrected chi connectivity index (χ4v) is 2.37. The number of amides is 1. The average Bonchev–Trinajstić information content (AvgIpc) is 2.57. The van der Waals surface area contributed by atoms with Crippen molar-refractivity contribution >= 4 is 22.6 Å². The summed E-state index contributed by atoms with van der Waals surface area (Å²) in [4.78, 5) is 40.8. The van der Waals surface area contributed by atoms with Crippen molar-refractivity contribution in [2.24, 2.45) is 7.05 Å². The molecule has 0 unspecified atom stereocenters. The van der Waals surface area contributed by atoms with Gasteiger partial charge in [0, 0.05) is 13.2 Å². The van der Waals surface area contributed by atoms with E-state index in [1.165, 1.54) is 10.8 Å². The number of carbonyl (C=O) groups excluding carboxylic acids is 1. The van der Waals surface area contributed by atoms with E-state index in [1.54, 1.807) is 49.5 Å². The Kier molecular flexibility index (Phi) is 3.76. The van der Waals surface area contributed by atoms with Gasteiger partial charge in [0.05, 0.1) is 10.9 Å². The highest BCUT2D eigenvalue weighted by Crippen LogP contribution is 2.06. The number of aromatic nitrogens is 3. The Labute approximate surface area is 130 Å². The van der Waals surface area contributed by atoms with Gasteiger partial charge >= 0.3 is 5.69 Å². The van der Waals surface area contributed by atoms with Gasteiger partial charge in [-0.05, 0) is 24.3 Å². The van der Waals surface area contributed by atoms with Crippen LogP contribution < -0.4 is 16.6 Å². The number of anilines is 1. The monoisotopic (exact) mass is 310 g/mol. The number of hydrogen-bond acceptors (Lipinski definition) is 4. The first kappa shape index (κ1) is 14.7. The number of para-hydroxylation sites is 1. The highest BCUT2D eigenvalue weighted by Gasteiger charge is 2.13. The maximum absolute atomic E-state index is 12.4. The van der Waals surface area contributed by atoms with Crippen molar-refractivity contribution in [1.82, 2.24) is 14.1 Å². The molecule has 116 valence electrons. The predicted molar refractivity (Wildman–Crippen MR) is 86.3 cm³/mol. The third kappa shape index (κ3) is 2.76. The van der Waals surface area contributed by atoms with Crippen LogP contribution in [0.5, 0.6) is 0 Å². The smallest absolute Gasteiger partial charge is 0.309 e. The molecule has 1 amide bonds. The number of benzene rings is 1. The molecule has 0 spiro atoms. The molecule has 0 saturated heterocycles. The topological polar surface area (TPSA) is 86.0 Å². The molecule has 1 aromatic carbocycles. The van der Waals surface area contributed by atoms with Gasteiger partial charge in [0.1, 0.15) is 12.4 Å². The van der Waals surface area contributed by atoms with Crippen molar-refractivity contribution in [2.45, 2.75) is 6.54 Å². The Balaban J connectivity index is 1.99. The van der Waals surface area contributed by atoms with E-state index in [9.17, 15) is 14.4 Å². The third-order valence-electron chi connectivity index (χ3n) is 3.49. The minimum absolute atomic E-state index is 0.364. The van der Waals surface area contributed by atoms with Crippen LogP contribution in [0.1, 0.15) is 0 Å². The van der Waals surface area contributed by atoms with Crippen molar-refractivity contribution < 1.29 is 4.79 Å². The van der Waals surface area contributed by atoms with Crippen LogP contribution in [-0.4, -0.2) is 20.0 Å². The number of nitrogens with one attached hydrogen (secondary N) is 1. The van der Waals surface area contributed by atoms with Gasteiger partial charge in [-0.15, -0.1) is 0 Å². The number of rotatable bonds is 3. The lowest BCUT2D eigenvalue weighted by molar-refractivity contribution is -0.116. The summed E-state index contributed by atoms with van der Waals surface area (Å²) in [6.45, 7) is -0.368. The third-order valence-corrected chi connectivity index (χ3v) is 3.49. The van der Waals surface area contributed by atoms with Crippen LogP contribution >= 0.6 is 0 Å². The summed E-state index contributed by atoms with van der Waals surface area (Å²) in [7, 11) is 1.57. The summed E-state index contributed by atoms with van der Waals surface area (Å²) in [5, 5.41) is 2.94. The molecule has 1 N–H and O–H groups in total. The Morgan fingerprint density at radius 1 is 1.13 bits per heavy atom. The van der Waals surface area contributed by atoms with Gasteiger partial charge in [-0.25, -0.2) is 9.78 Å². The van der Waals surface area contributed by atoms with E-state index in [4.69, 9.17) is 0 Å². The number of nitrogens with zero attached hydrogens (tertiary/aromatic N) is 3. The van der Waals surface area contributed by atoms with Crippen LogP contribution in [0, 0.1) is 0 Å². The van der Waals surface area contributed by atoms with E-state index in [-0.39, 0.29) is 6.54 Å². The van der Waals surface area contributed by atoms with Crippen molar-refractivity contribution in [3.63, 3.8) is 0 Å². The molecule has 23 heavy (non-hydrogen) atoms. The fraction of sp³-hybridized carbons (Fsp3) is 0.125. The molecule has 0 aliphatic heterocycles. The van der Waals surface area contributed by atoms with E-state index in [0.717, 1.165) is 4.57 Å². The molecule has 7 heteroatoms. The minimum Gasteiger partial charge on any atom is -0.309 e. The highest BCUT2D eigenvalue weighted by atomic mass is 16.2. The summed E-state index contributed by atoms with van der Waals surface area (Å²) in [5.74, 6) is -0.124. The molecule has 7 nitrogen and oxygen atoms in total. The van der Waals surface area contributed by atoms with Crippen LogP contribution in [0.3, 0.4) is 0 Å². The van der Waals surface area contributed by atoms with Crippen LogP contribution in [0.15, 0.2) is 58.3 Å². The van der Waals surface area contributed by atoms with Crippen LogP contribution in [0.4, 0.5) is 5.82 Å². The molecule has 0 radical (unpaired) electrons. The molecule has 0 atom stereocenters. The van der Waals surface area contributed by atoms with Crippen LogP contribution in [0.2, 0.25) is 0 Å². The maximum Gasteiger partial charge on any atom is 0.331 e. The van der Waals surface area contributed by atoms with Gasteiger partial charge in [0.25, 0.3) is 5.56 Å². The lowest BCUT2D eigenvalue weighted by Crippen LogP contribution is -2.41. The van der Waals surface area contributed by atoms with Crippen molar-refractivity contribution in [1.29, 1.82) is 0 Å².